The normalized spacial score (nSPS) is 23.8. The van der Waals surface area contributed by atoms with E-state index in [0.717, 1.165) is 30.7 Å². The fourth-order valence-corrected chi connectivity index (χ4v) is 4.86. The number of carbonyl (C=O) groups excluding carboxylic acids is 3. The number of fused-ring (bicyclic) bond motifs is 2. The number of hydrogen-bond acceptors (Lipinski definition) is 6. The van der Waals surface area contributed by atoms with Gasteiger partial charge >= 0.3 is 5.97 Å². The molecule has 29 heavy (non-hydrogen) atoms. The van der Waals surface area contributed by atoms with Crippen molar-refractivity contribution in [2.45, 2.75) is 52.9 Å². The molecule has 0 N–H and O–H groups in total. The Morgan fingerprint density at radius 1 is 1.17 bits per heavy atom. The third-order valence-electron chi connectivity index (χ3n) is 6.30. The van der Waals surface area contributed by atoms with E-state index in [2.05, 4.69) is 5.16 Å². The van der Waals surface area contributed by atoms with Crippen molar-refractivity contribution < 1.29 is 23.6 Å². The summed E-state index contributed by atoms with van der Waals surface area (Å²) in [5.74, 6) is 0.708. The lowest BCUT2D eigenvalue weighted by Gasteiger charge is -2.36. The van der Waals surface area contributed by atoms with E-state index < -0.39 is 0 Å². The molecule has 4 rings (SSSR count). The molecule has 7 nitrogen and oxygen atoms in total. The Labute approximate surface area is 169 Å². The van der Waals surface area contributed by atoms with Crippen LogP contribution in [-0.2, 0) is 14.3 Å². The topological polar surface area (TPSA) is 91.4 Å². The summed E-state index contributed by atoms with van der Waals surface area (Å²) in [4.78, 5) is 37.5. The second-order valence-electron chi connectivity index (χ2n) is 8.34. The van der Waals surface area contributed by atoms with Crippen LogP contribution in [0.15, 0.2) is 16.7 Å². The maximum Gasteiger partial charge on any atom is 0.309 e. The van der Waals surface area contributed by atoms with Gasteiger partial charge in [0.25, 0.3) is 0 Å². The average Bonchev–Trinajstić information content (AvgIpc) is 3.21. The summed E-state index contributed by atoms with van der Waals surface area (Å²) in [5, 5.41) is 4.01. The molecular formula is C22H26N2O5. The van der Waals surface area contributed by atoms with Crippen molar-refractivity contribution in [2.24, 2.45) is 17.8 Å². The van der Waals surface area contributed by atoms with Gasteiger partial charge in [-0.1, -0.05) is 11.6 Å². The quantitative estimate of drug-likeness (QED) is 0.565. The number of aryl methyl sites for hydroxylation is 2. The van der Waals surface area contributed by atoms with Crippen molar-refractivity contribution in [3.63, 3.8) is 0 Å². The van der Waals surface area contributed by atoms with Crippen LogP contribution in [0.5, 0.6) is 0 Å². The summed E-state index contributed by atoms with van der Waals surface area (Å²) in [5.41, 5.74) is 2.09. The first kappa shape index (κ1) is 19.6. The average molecular weight is 398 g/mol. The number of aromatic nitrogens is 2. The highest BCUT2D eigenvalue weighted by Gasteiger charge is 2.42. The van der Waals surface area contributed by atoms with Gasteiger partial charge in [0.1, 0.15) is 11.5 Å². The van der Waals surface area contributed by atoms with Crippen LogP contribution >= 0.6 is 0 Å². The van der Waals surface area contributed by atoms with Gasteiger partial charge < -0.3 is 9.26 Å². The zero-order valence-corrected chi connectivity index (χ0v) is 17.1. The summed E-state index contributed by atoms with van der Waals surface area (Å²) < 4.78 is 12.4. The van der Waals surface area contributed by atoms with Crippen LogP contribution in [0.25, 0.3) is 5.82 Å². The molecule has 7 heteroatoms. The highest BCUT2D eigenvalue weighted by Crippen LogP contribution is 2.40. The van der Waals surface area contributed by atoms with Crippen LogP contribution < -0.4 is 0 Å². The van der Waals surface area contributed by atoms with Gasteiger partial charge in [0.2, 0.25) is 5.78 Å². The van der Waals surface area contributed by atoms with Crippen LogP contribution in [0.2, 0.25) is 0 Å². The lowest BCUT2D eigenvalue weighted by molar-refractivity contribution is -0.152. The fraction of sp³-hybridized carbons (Fsp3) is 0.545. The second kappa shape index (κ2) is 7.61. The summed E-state index contributed by atoms with van der Waals surface area (Å²) in [7, 11) is 0. The molecule has 2 unspecified atom stereocenters. The third-order valence-corrected chi connectivity index (χ3v) is 6.30. The number of rotatable bonds is 5. The number of carbonyl (C=O) groups is 3. The molecule has 0 aliphatic heterocycles. The summed E-state index contributed by atoms with van der Waals surface area (Å²) in [6, 6.07) is 3.58. The number of nitrogens with zero attached hydrogens (tertiary/aromatic N) is 2. The summed E-state index contributed by atoms with van der Waals surface area (Å²) in [6.07, 6.45) is 3.91. The molecular weight excluding hydrogens is 372 g/mol. The fourth-order valence-electron chi connectivity index (χ4n) is 4.86. The van der Waals surface area contributed by atoms with Crippen LogP contribution in [0, 0.1) is 38.5 Å². The number of ether oxygens (including phenoxy) is 1. The Bertz CT molecular complexity index is 954. The Morgan fingerprint density at radius 3 is 2.48 bits per heavy atom. The van der Waals surface area contributed by atoms with Gasteiger partial charge in [-0.25, -0.2) is 0 Å². The second-order valence-corrected chi connectivity index (χ2v) is 8.34. The molecule has 2 aliphatic rings. The van der Waals surface area contributed by atoms with Crippen LogP contribution in [0.1, 0.15) is 59.6 Å². The van der Waals surface area contributed by atoms with Crippen LogP contribution in [0.3, 0.4) is 0 Å². The van der Waals surface area contributed by atoms with E-state index in [1.54, 1.807) is 12.1 Å². The molecule has 2 aromatic rings. The minimum Gasteiger partial charge on any atom is -0.457 e. The molecule has 154 valence electrons. The zero-order valence-electron chi connectivity index (χ0n) is 17.1. The molecule has 0 amide bonds. The zero-order chi connectivity index (χ0) is 20.7. The van der Waals surface area contributed by atoms with E-state index in [1.165, 1.54) is 0 Å². The van der Waals surface area contributed by atoms with Crippen molar-refractivity contribution >= 4 is 17.5 Å². The van der Waals surface area contributed by atoms with Crippen molar-refractivity contribution in [3.05, 3.63) is 34.8 Å². The van der Waals surface area contributed by atoms with E-state index in [4.69, 9.17) is 9.26 Å². The predicted octanol–water partition coefficient (Wildman–Crippen LogP) is 3.51. The van der Waals surface area contributed by atoms with Gasteiger partial charge in [-0.05, 0) is 52.5 Å². The summed E-state index contributed by atoms with van der Waals surface area (Å²) in [6.45, 7) is 5.24. The van der Waals surface area contributed by atoms with E-state index >= 15 is 0 Å². The van der Waals surface area contributed by atoms with Crippen molar-refractivity contribution in [1.29, 1.82) is 0 Å². The molecule has 2 atom stereocenters. The molecule has 2 aliphatic carbocycles. The number of ketones is 2. The van der Waals surface area contributed by atoms with Gasteiger partial charge in [-0.2, -0.15) is 0 Å². The van der Waals surface area contributed by atoms with E-state index in [1.807, 2.05) is 25.3 Å². The van der Waals surface area contributed by atoms with Gasteiger partial charge in [-0.3, -0.25) is 19.0 Å². The first-order valence-corrected chi connectivity index (χ1v) is 10.2. The Kier molecular flexibility index (Phi) is 5.15. The number of esters is 1. The summed E-state index contributed by atoms with van der Waals surface area (Å²) >= 11 is 0. The Balaban J connectivity index is 1.41. The first-order valence-electron chi connectivity index (χ1n) is 10.2. The van der Waals surface area contributed by atoms with E-state index in [-0.39, 0.29) is 36.1 Å². The van der Waals surface area contributed by atoms with Crippen molar-refractivity contribution in [1.82, 2.24) is 9.72 Å². The van der Waals surface area contributed by atoms with Crippen LogP contribution in [-0.4, -0.2) is 33.9 Å². The highest BCUT2D eigenvalue weighted by atomic mass is 16.5. The lowest BCUT2D eigenvalue weighted by atomic mass is 9.67. The number of Topliss-reactive ketones (excluding diaryl/α,β-unsaturated/α-hetero) is 2. The van der Waals surface area contributed by atoms with Gasteiger partial charge in [0.15, 0.2) is 12.4 Å². The van der Waals surface area contributed by atoms with Crippen LogP contribution in [0.4, 0.5) is 0 Å². The molecule has 2 fully saturated rings. The molecule has 0 spiro atoms. The molecule has 2 heterocycles. The predicted molar refractivity (Wildman–Crippen MR) is 104 cm³/mol. The third kappa shape index (κ3) is 3.66. The highest BCUT2D eigenvalue weighted by molar-refractivity contribution is 5.99. The standard InChI is InChI=1S/C22H26N2O5/c1-12-7-18(14(3)24(12)20-8-13(2)29-23-20)19(25)11-28-22(27)17-9-15-5-4-6-16(10-17)21(15)26/h7-8,15-17H,4-6,9-11H2,1-3H3. The minimum atomic E-state index is -0.358. The van der Waals surface area contributed by atoms with E-state index in [0.29, 0.717) is 35.8 Å². The van der Waals surface area contributed by atoms with Gasteiger partial charge in [0.05, 0.1) is 5.92 Å². The molecule has 0 aromatic carbocycles. The molecule has 2 aromatic heterocycles. The van der Waals surface area contributed by atoms with Crippen molar-refractivity contribution in [3.8, 4) is 5.82 Å². The first-order chi connectivity index (χ1) is 13.8. The minimum absolute atomic E-state index is 0.0133. The molecule has 2 saturated carbocycles. The van der Waals surface area contributed by atoms with E-state index in [9.17, 15) is 14.4 Å². The molecule has 0 radical (unpaired) electrons. The maximum absolute atomic E-state index is 12.7. The Morgan fingerprint density at radius 2 is 1.86 bits per heavy atom. The number of hydrogen-bond donors (Lipinski definition) is 0. The lowest BCUT2D eigenvalue weighted by Crippen LogP contribution is -2.39. The maximum atomic E-state index is 12.7. The smallest absolute Gasteiger partial charge is 0.309 e. The largest absolute Gasteiger partial charge is 0.457 e. The molecule has 2 bridgehead atoms. The van der Waals surface area contributed by atoms with Crippen molar-refractivity contribution in [2.75, 3.05) is 6.61 Å². The van der Waals surface area contributed by atoms with Gasteiger partial charge in [0, 0.05) is 34.9 Å². The Hall–Kier alpha value is -2.70. The SMILES string of the molecule is Cc1cc(-n2c(C)cc(C(=O)COC(=O)C3CC4CCCC(C3)C4=O)c2C)no1. The monoisotopic (exact) mass is 398 g/mol. The van der Waals surface area contributed by atoms with Gasteiger partial charge in [-0.15, -0.1) is 0 Å². The molecule has 0 saturated heterocycles.